The van der Waals surface area contributed by atoms with Gasteiger partial charge < -0.3 is 0 Å². The largest absolute Gasteiger partial charge is 0.416 e. The molecule has 0 spiro atoms. The fraction of sp³-hybridized carbons (Fsp3) is 0.167. The van der Waals surface area contributed by atoms with Crippen molar-refractivity contribution in [3.63, 3.8) is 0 Å². The lowest BCUT2D eigenvalue weighted by Crippen LogP contribution is -2.11. The Morgan fingerprint density at radius 2 is 2.00 bits per heavy atom. The molecule has 0 saturated carbocycles. The van der Waals surface area contributed by atoms with Crippen LogP contribution in [0.2, 0.25) is 0 Å². The normalized spacial score (nSPS) is 17.3. The van der Waals surface area contributed by atoms with Crippen molar-refractivity contribution in [2.75, 3.05) is 0 Å². The van der Waals surface area contributed by atoms with E-state index in [9.17, 15) is 13.2 Å². The van der Waals surface area contributed by atoms with Crippen LogP contribution in [0.3, 0.4) is 0 Å². The molecular weight excluding hydrogens is 143 g/mol. The van der Waals surface area contributed by atoms with Crippen LogP contribution in [0, 0.1) is 0 Å². The molecule has 0 aromatic carbocycles. The summed E-state index contributed by atoms with van der Waals surface area (Å²) in [5.74, 6) is 0. The van der Waals surface area contributed by atoms with Gasteiger partial charge in [-0.25, -0.2) is 0 Å². The molecule has 1 aliphatic heterocycles. The van der Waals surface area contributed by atoms with Crippen molar-refractivity contribution in [2.45, 2.75) is 6.18 Å². The van der Waals surface area contributed by atoms with Crippen LogP contribution >= 0.6 is 0 Å². The van der Waals surface area contributed by atoms with E-state index in [1.54, 1.807) is 0 Å². The molecule has 1 aliphatic rings. The third-order valence-corrected chi connectivity index (χ3v) is 1.01. The Labute approximate surface area is 55.6 Å². The maximum atomic E-state index is 11.8. The van der Waals surface area contributed by atoms with E-state index < -0.39 is 11.7 Å². The van der Waals surface area contributed by atoms with Gasteiger partial charge in [0.05, 0.1) is 10.6 Å². The smallest absolute Gasteiger partial charge is 0.166 e. The van der Waals surface area contributed by atoms with E-state index in [1.165, 1.54) is 0 Å². The minimum atomic E-state index is -4.25. The molecule has 0 aliphatic carbocycles. The summed E-state index contributed by atoms with van der Waals surface area (Å²) in [6.07, 6.45) is -0.158. The molecule has 1 rings (SSSR count). The molecule has 0 atom stereocenters. The van der Waals surface area contributed by atoms with Gasteiger partial charge in [0.1, 0.15) is 0 Å². The molecule has 53 valence electrons. The van der Waals surface area contributed by atoms with Gasteiger partial charge in [-0.15, -0.1) is 0 Å². The lowest BCUT2D eigenvalue weighted by Gasteiger charge is -2.03. The molecule has 4 heteroatoms. The summed E-state index contributed by atoms with van der Waals surface area (Å²) in [6, 6.07) is 0. The van der Waals surface area contributed by atoms with Crippen molar-refractivity contribution < 1.29 is 13.2 Å². The van der Waals surface area contributed by atoms with Crippen molar-refractivity contribution in [1.82, 2.24) is 4.99 Å². The van der Waals surface area contributed by atoms with E-state index in [2.05, 4.69) is 4.99 Å². The SMILES string of the molecule is FC(F)(F)C1=CC=[N+]C=C1. The number of aliphatic imine (C=N–C) groups is 1. The van der Waals surface area contributed by atoms with Crippen molar-refractivity contribution in [3.8, 4) is 0 Å². The highest BCUT2D eigenvalue weighted by molar-refractivity contribution is 5.74. The van der Waals surface area contributed by atoms with Crippen LogP contribution in [0.25, 0.3) is 0 Å². The Kier molecular flexibility index (Phi) is 1.61. The summed E-state index contributed by atoms with van der Waals surface area (Å²) >= 11 is 0. The molecule has 10 heavy (non-hydrogen) atoms. The van der Waals surface area contributed by atoms with E-state index >= 15 is 0 Å². The number of hydrogen-bond acceptors (Lipinski definition) is 1. The number of alkyl halides is 3. The zero-order valence-electron chi connectivity index (χ0n) is 4.89. The molecule has 0 saturated heterocycles. The minimum Gasteiger partial charge on any atom is -0.166 e. The summed E-state index contributed by atoms with van der Waals surface area (Å²) in [4.78, 5) is 3.46. The monoisotopic (exact) mass is 147 g/mol. The van der Waals surface area contributed by atoms with E-state index in [4.69, 9.17) is 0 Å². The quantitative estimate of drug-likeness (QED) is 0.491. The zero-order valence-corrected chi connectivity index (χ0v) is 4.89. The first-order valence-corrected chi connectivity index (χ1v) is 2.58. The second-order valence-electron chi connectivity index (χ2n) is 1.73. The van der Waals surface area contributed by atoms with Gasteiger partial charge in [-0.3, -0.25) is 0 Å². The topological polar surface area (TPSA) is 14.1 Å². The van der Waals surface area contributed by atoms with Crippen LogP contribution in [-0.2, 0) is 0 Å². The van der Waals surface area contributed by atoms with Crippen LogP contribution in [0.15, 0.2) is 23.9 Å². The number of rotatable bonds is 0. The molecule has 0 amide bonds. The Morgan fingerprint density at radius 1 is 1.30 bits per heavy atom. The highest BCUT2D eigenvalue weighted by Gasteiger charge is 2.33. The van der Waals surface area contributed by atoms with E-state index in [1.807, 2.05) is 0 Å². The molecule has 1 radical (unpaired) electrons. The number of allylic oxidation sites excluding steroid dienone is 3. The summed E-state index contributed by atoms with van der Waals surface area (Å²) in [5.41, 5.74) is -0.664. The summed E-state index contributed by atoms with van der Waals surface area (Å²) < 4.78 is 35.3. The third-order valence-electron chi connectivity index (χ3n) is 1.01. The molecular formula is C6H4F3N+. The van der Waals surface area contributed by atoms with Gasteiger partial charge in [0.25, 0.3) is 0 Å². The van der Waals surface area contributed by atoms with Gasteiger partial charge in [-0.1, -0.05) is 0 Å². The van der Waals surface area contributed by atoms with Gasteiger partial charge in [-0.05, 0) is 0 Å². The zero-order chi connectivity index (χ0) is 7.61. The lowest BCUT2D eigenvalue weighted by molar-refractivity contribution is -0.0881. The van der Waals surface area contributed by atoms with E-state index in [-0.39, 0.29) is 0 Å². The average molecular weight is 147 g/mol. The van der Waals surface area contributed by atoms with Gasteiger partial charge in [0.15, 0.2) is 0 Å². The Balaban J connectivity index is 2.85. The Hall–Kier alpha value is -1.06. The number of nitrogens with zero attached hydrogens (tertiary/aromatic N) is 1. The van der Waals surface area contributed by atoms with Crippen molar-refractivity contribution in [1.29, 1.82) is 0 Å². The van der Waals surface area contributed by atoms with Crippen LogP contribution in [0.1, 0.15) is 0 Å². The minimum absolute atomic E-state index is 0.664. The molecule has 1 heterocycles. The molecule has 0 fully saturated rings. The fourth-order valence-electron chi connectivity index (χ4n) is 0.541. The first kappa shape index (κ1) is 7.05. The Morgan fingerprint density at radius 3 is 2.30 bits per heavy atom. The highest BCUT2D eigenvalue weighted by Crippen LogP contribution is 2.26. The van der Waals surface area contributed by atoms with Crippen LogP contribution in [0.4, 0.5) is 13.2 Å². The standard InChI is InChI=1S/C6H4F3N/c7-6(8,9)5-1-3-10-4-2-5/h1-4H/q+1. The number of halogens is 3. The maximum absolute atomic E-state index is 11.8. The number of hydrogen-bond donors (Lipinski definition) is 0. The third kappa shape index (κ3) is 1.46. The van der Waals surface area contributed by atoms with Crippen molar-refractivity contribution >= 4 is 6.21 Å². The van der Waals surface area contributed by atoms with E-state index in [0.717, 1.165) is 24.6 Å². The predicted molar refractivity (Wildman–Crippen MR) is 31.5 cm³/mol. The van der Waals surface area contributed by atoms with Gasteiger partial charge in [0, 0.05) is 12.2 Å². The lowest BCUT2D eigenvalue weighted by atomic mass is 10.2. The molecule has 0 unspecified atom stereocenters. The van der Waals surface area contributed by atoms with Crippen LogP contribution in [-0.4, -0.2) is 12.4 Å². The second-order valence-corrected chi connectivity index (χ2v) is 1.73. The average Bonchev–Trinajstić information content (AvgIpc) is 1.88. The van der Waals surface area contributed by atoms with Crippen LogP contribution in [0.5, 0.6) is 0 Å². The Bertz CT molecular complexity index is 210. The van der Waals surface area contributed by atoms with Crippen molar-refractivity contribution in [3.05, 3.63) is 23.9 Å². The van der Waals surface area contributed by atoms with Gasteiger partial charge in [-0.2, -0.15) is 13.2 Å². The summed E-state index contributed by atoms with van der Waals surface area (Å²) in [7, 11) is 0. The first-order chi connectivity index (χ1) is 4.61. The second kappa shape index (κ2) is 2.28. The molecule has 0 N–H and O–H groups in total. The molecule has 0 bridgehead atoms. The summed E-state index contributed by atoms with van der Waals surface area (Å²) in [6.45, 7) is 0. The fourth-order valence-corrected chi connectivity index (χ4v) is 0.541. The van der Waals surface area contributed by atoms with Crippen molar-refractivity contribution in [2.24, 2.45) is 0 Å². The predicted octanol–water partition coefficient (Wildman–Crippen LogP) is 1.41. The molecule has 1 nitrogen and oxygen atoms in total. The van der Waals surface area contributed by atoms with Crippen LogP contribution < -0.4 is 4.99 Å². The summed E-state index contributed by atoms with van der Waals surface area (Å²) in [5, 5.41) is 0. The van der Waals surface area contributed by atoms with Gasteiger partial charge in [0.2, 0.25) is 12.4 Å². The highest BCUT2D eigenvalue weighted by atomic mass is 19.4. The van der Waals surface area contributed by atoms with E-state index in [0.29, 0.717) is 0 Å². The molecule has 0 aromatic heterocycles. The van der Waals surface area contributed by atoms with Gasteiger partial charge >= 0.3 is 6.18 Å². The first-order valence-electron chi connectivity index (χ1n) is 2.58. The molecule has 0 aromatic rings. The maximum Gasteiger partial charge on any atom is 0.416 e.